The summed E-state index contributed by atoms with van der Waals surface area (Å²) in [6.45, 7) is 2.00. The minimum absolute atomic E-state index is 0.276. The van der Waals surface area contributed by atoms with Crippen molar-refractivity contribution in [2.24, 2.45) is 0 Å². The third kappa shape index (κ3) is 1.12. The SMILES string of the molecule is CC(O)c1ccc2c(c1)OCO2. The van der Waals surface area contributed by atoms with Crippen molar-refractivity contribution in [2.45, 2.75) is 13.0 Å². The second kappa shape index (κ2) is 2.68. The first kappa shape index (κ1) is 7.43. The van der Waals surface area contributed by atoms with Crippen molar-refractivity contribution in [2.75, 3.05) is 6.79 Å². The van der Waals surface area contributed by atoms with Crippen LogP contribution in [0.15, 0.2) is 18.2 Å². The lowest BCUT2D eigenvalue weighted by Crippen LogP contribution is -1.93. The van der Waals surface area contributed by atoms with Gasteiger partial charge in [-0.15, -0.1) is 0 Å². The average Bonchev–Trinajstić information content (AvgIpc) is 2.49. The number of rotatable bonds is 1. The van der Waals surface area contributed by atoms with E-state index in [4.69, 9.17) is 9.47 Å². The molecule has 0 amide bonds. The Balaban J connectivity index is 2.39. The highest BCUT2D eigenvalue weighted by Gasteiger charge is 2.14. The quantitative estimate of drug-likeness (QED) is 0.686. The summed E-state index contributed by atoms with van der Waals surface area (Å²) in [7, 11) is 0. The fourth-order valence-electron chi connectivity index (χ4n) is 1.17. The molecule has 1 aliphatic rings. The topological polar surface area (TPSA) is 38.7 Å². The van der Waals surface area contributed by atoms with Gasteiger partial charge in [0.2, 0.25) is 6.79 Å². The van der Waals surface area contributed by atoms with Gasteiger partial charge in [0.1, 0.15) is 0 Å². The molecule has 64 valence electrons. The van der Waals surface area contributed by atoms with Crippen LogP contribution in [0, 0.1) is 0 Å². The Morgan fingerprint density at radius 2 is 2.08 bits per heavy atom. The van der Waals surface area contributed by atoms with Gasteiger partial charge < -0.3 is 14.6 Å². The summed E-state index contributed by atoms with van der Waals surface area (Å²) in [4.78, 5) is 0. The Bertz CT molecular complexity index is 294. The van der Waals surface area contributed by atoms with Crippen LogP contribution in [0.1, 0.15) is 18.6 Å². The van der Waals surface area contributed by atoms with E-state index in [2.05, 4.69) is 0 Å². The molecule has 3 nitrogen and oxygen atoms in total. The second-order valence-electron chi connectivity index (χ2n) is 2.79. The Hall–Kier alpha value is -1.22. The summed E-state index contributed by atoms with van der Waals surface area (Å²) in [6, 6.07) is 5.44. The smallest absolute Gasteiger partial charge is 0.231 e. The molecule has 1 aliphatic heterocycles. The van der Waals surface area contributed by atoms with Gasteiger partial charge in [-0.2, -0.15) is 0 Å². The van der Waals surface area contributed by atoms with Crippen LogP contribution in [0.4, 0.5) is 0 Å². The first-order valence-electron chi connectivity index (χ1n) is 3.85. The third-order valence-electron chi connectivity index (χ3n) is 1.88. The van der Waals surface area contributed by atoms with Crippen molar-refractivity contribution in [1.82, 2.24) is 0 Å². The van der Waals surface area contributed by atoms with Crippen LogP contribution < -0.4 is 9.47 Å². The number of ether oxygens (including phenoxy) is 2. The van der Waals surface area contributed by atoms with E-state index in [0.29, 0.717) is 5.75 Å². The van der Waals surface area contributed by atoms with Crippen molar-refractivity contribution in [3.63, 3.8) is 0 Å². The minimum Gasteiger partial charge on any atom is -0.454 e. The number of benzene rings is 1. The highest BCUT2D eigenvalue weighted by atomic mass is 16.7. The highest BCUT2D eigenvalue weighted by molar-refractivity contribution is 5.44. The molecule has 1 unspecified atom stereocenters. The van der Waals surface area contributed by atoms with E-state index in [1.807, 2.05) is 12.1 Å². The van der Waals surface area contributed by atoms with Gasteiger partial charge >= 0.3 is 0 Å². The van der Waals surface area contributed by atoms with E-state index < -0.39 is 6.10 Å². The fraction of sp³-hybridized carbons (Fsp3) is 0.333. The molecule has 1 atom stereocenters. The van der Waals surface area contributed by atoms with E-state index in [1.165, 1.54) is 0 Å². The summed E-state index contributed by atoms with van der Waals surface area (Å²) >= 11 is 0. The van der Waals surface area contributed by atoms with Crippen LogP contribution in [0.5, 0.6) is 11.5 Å². The highest BCUT2D eigenvalue weighted by Crippen LogP contribution is 2.33. The third-order valence-corrected chi connectivity index (χ3v) is 1.88. The largest absolute Gasteiger partial charge is 0.454 e. The van der Waals surface area contributed by atoms with Crippen LogP contribution >= 0.6 is 0 Å². The molecule has 3 heteroatoms. The van der Waals surface area contributed by atoms with Crippen LogP contribution in [-0.2, 0) is 0 Å². The molecular weight excluding hydrogens is 156 g/mol. The van der Waals surface area contributed by atoms with E-state index >= 15 is 0 Å². The molecule has 1 heterocycles. The Morgan fingerprint density at radius 1 is 1.33 bits per heavy atom. The van der Waals surface area contributed by atoms with Crippen molar-refractivity contribution in [3.05, 3.63) is 23.8 Å². The zero-order valence-electron chi connectivity index (χ0n) is 6.78. The molecule has 2 rings (SSSR count). The summed E-state index contributed by atoms with van der Waals surface area (Å²) < 4.78 is 10.3. The standard InChI is InChI=1S/C9H10O3/c1-6(10)7-2-3-8-9(4-7)12-5-11-8/h2-4,6,10H,5H2,1H3. The maximum Gasteiger partial charge on any atom is 0.231 e. The number of hydrogen-bond donors (Lipinski definition) is 1. The summed E-state index contributed by atoms with van der Waals surface area (Å²) in [5, 5.41) is 9.26. The lowest BCUT2D eigenvalue weighted by Gasteiger charge is -2.04. The number of aliphatic hydroxyl groups is 1. The Kier molecular flexibility index (Phi) is 1.66. The lowest BCUT2D eigenvalue weighted by molar-refractivity contribution is 0.173. The van der Waals surface area contributed by atoms with Gasteiger partial charge in [-0.3, -0.25) is 0 Å². The van der Waals surface area contributed by atoms with Gasteiger partial charge in [0.15, 0.2) is 11.5 Å². The molecule has 0 aliphatic carbocycles. The molecule has 1 aromatic carbocycles. The molecule has 12 heavy (non-hydrogen) atoms. The number of hydrogen-bond acceptors (Lipinski definition) is 3. The van der Waals surface area contributed by atoms with Crippen molar-refractivity contribution in [1.29, 1.82) is 0 Å². The molecular formula is C9H10O3. The van der Waals surface area contributed by atoms with E-state index in [1.54, 1.807) is 13.0 Å². The first-order chi connectivity index (χ1) is 5.77. The molecule has 0 saturated carbocycles. The van der Waals surface area contributed by atoms with Crippen molar-refractivity contribution in [3.8, 4) is 11.5 Å². The van der Waals surface area contributed by atoms with Crippen LogP contribution in [0.25, 0.3) is 0 Å². The number of fused-ring (bicyclic) bond motifs is 1. The van der Waals surface area contributed by atoms with Gasteiger partial charge in [-0.25, -0.2) is 0 Å². The van der Waals surface area contributed by atoms with E-state index in [9.17, 15) is 5.11 Å². The predicted molar refractivity (Wildman–Crippen MR) is 43.2 cm³/mol. The minimum atomic E-state index is -0.459. The number of aliphatic hydroxyl groups excluding tert-OH is 1. The zero-order chi connectivity index (χ0) is 8.55. The molecule has 1 N–H and O–H groups in total. The maximum atomic E-state index is 9.26. The van der Waals surface area contributed by atoms with Gasteiger partial charge in [0.05, 0.1) is 6.10 Å². The monoisotopic (exact) mass is 166 g/mol. The first-order valence-corrected chi connectivity index (χ1v) is 3.85. The Morgan fingerprint density at radius 3 is 2.83 bits per heavy atom. The van der Waals surface area contributed by atoms with Crippen molar-refractivity contribution < 1.29 is 14.6 Å². The fourth-order valence-corrected chi connectivity index (χ4v) is 1.17. The van der Waals surface area contributed by atoms with E-state index in [-0.39, 0.29) is 6.79 Å². The van der Waals surface area contributed by atoms with Crippen LogP contribution in [0.3, 0.4) is 0 Å². The van der Waals surface area contributed by atoms with E-state index in [0.717, 1.165) is 11.3 Å². The molecule has 1 aromatic rings. The molecule has 0 saturated heterocycles. The van der Waals surface area contributed by atoms with Gasteiger partial charge in [0.25, 0.3) is 0 Å². The summed E-state index contributed by atoms with van der Waals surface area (Å²) in [5.74, 6) is 1.47. The van der Waals surface area contributed by atoms with Crippen LogP contribution in [-0.4, -0.2) is 11.9 Å². The molecule has 0 fully saturated rings. The summed E-state index contributed by atoms with van der Waals surface area (Å²) in [6.07, 6.45) is -0.459. The normalized spacial score (nSPS) is 16.2. The van der Waals surface area contributed by atoms with Crippen molar-refractivity contribution >= 4 is 0 Å². The van der Waals surface area contributed by atoms with Gasteiger partial charge in [-0.1, -0.05) is 6.07 Å². The van der Waals surface area contributed by atoms with Crippen LogP contribution in [0.2, 0.25) is 0 Å². The molecule has 0 radical (unpaired) electrons. The Labute approximate surface area is 70.5 Å². The van der Waals surface area contributed by atoms with Gasteiger partial charge in [0, 0.05) is 0 Å². The summed E-state index contributed by atoms with van der Waals surface area (Å²) in [5.41, 5.74) is 0.847. The second-order valence-corrected chi connectivity index (χ2v) is 2.79. The maximum absolute atomic E-state index is 9.26. The van der Waals surface area contributed by atoms with Gasteiger partial charge in [-0.05, 0) is 24.6 Å². The molecule has 0 spiro atoms. The average molecular weight is 166 g/mol. The lowest BCUT2D eigenvalue weighted by atomic mass is 10.1. The molecule has 0 aromatic heterocycles. The zero-order valence-corrected chi connectivity index (χ0v) is 6.78. The predicted octanol–water partition coefficient (Wildman–Crippen LogP) is 1.47. The molecule has 0 bridgehead atoms.